The van der Waals surface area contributed by atoms with E-state index in [4.69, 9.17) is 4.18 Å². The molecule has 6 nitrogen and oxygen atoms in total. The van der Waals surface area contributed by atoms with Crippen molar-refractivity contribution in [3.63, 3.8) is 0 Å². The van der Waals surface area contributed by atoms with E-state index in [9.17, 15) is 13.2 Å². The van der Waals surface area contributed by atoms with Crippen LogP contribution in [0.5, 0.6) is 5.75 Å². The molecule has 7 heteroatoms. The smallest absolute Gasteiger partial charge is 0.339 e. The summed E-state index contributed by atoms with van der Waals surface area (Å²) in [6.45, 7) is 1.65. The minimum Gasteiger partial charge on any atom is -0.379 e. The minimum atomic E-state index is -4.03. The Bertz CT molecular complexity index is 1270. The predicted molar refractivity (Wildman–Crippen MR) is 95.4 cm³/mol. The zero-order valence-corrected chi connectivity index (χ0v) is 14.1. The first-order valence-corrected chi connectivity index (χ1v) is 8.99. The highest BCUT2D eigenvalue weighted by Gasteiger charge is 2.21. The third-order valence-electron chi connectivity index (χ3n) is 4.01. The summed E-state index contributed by atoms with van der Waals surface area (Å²) in [7, 11) is -4.03. The van der Waals surface area contributed by atoms with Crippen LogP contribution in [0.1, 0.15) is 5.56 Å². The van der Waals surface area contributed by atoms with Crippen molar-refractivity contribution in [1.82, 2.24) is 9.97 Å². The zero-order chi connectivity index (χ0) is 17.6. The van der Waals surface area contributed by atoms with E-state index < -0.39 is 10.1 Å². The molecule has 0 unspecified atom stereocenters. The monoisotopic (exact) mass is 354 g/mol. The van der Waals surface area contributed by atoms with Gasteiger partial charge in [-0.15, -0.1) is 0 Å². The van der Waals surface area contributed by atoms with Gasteiger partial charge in [-0.1, -0.05) is 30.3 Å². The number of aryl methyl sites for hydroxylation is 1. The van der Waals surface area contributed by atoms with Crippen LogP contribution < -0.4 is 9.87 Å². The summed E-state index contributed by atoms with van der Waals surface area (Å²) < 4.78 is 30.7. The molecular weight excluding hydrogens is 340 g/mol. The summed E-state index contributed by atoms with van der Waals surface area (Å²) in [6, 6.07) is 15.7. The van der Waals surface area contributed by atoms with Gasteiger partial charge in [0.2, 0.25) is 0 Å². The summed E-state index contributed by atoms with van der Waals surface area (Å²) in [5.74, 6) is 0.237. The lowest BCUT2D eigenvalue weighted by Crippen LogP contribution is -2.11. The molecule has 0 aliphatic rings. The van der Waals surface area contributed by atoms with Crippen LogP contribution >= 0.6 is 0 Å². The van der Waals surface area contributed by atoms with E-state index in [1.54, 1.807) is 31.2 Å². The van der Waals surface area contributed by atoms with Crippen LogP contribution in [0.15, 0.2) is 64.3 Å². The lowest BCUT2D eigenvalue weighted by molar-refractivity contribution is 0.486. The van der Waals surface area contributed by atoms with Crippen molar-refractivity contribution in [3.8, 4) is 5.75 Å². The summed E-state index contributed by atoms with van der Waals surface area (Å²) in [5, 5.41) is 1.88. The lowest BCUT2D eigenvalue weighted by Gasteiger charge is -2.10. The fraction of sp³-hybridized carbons (Fsp3) is 0.0556. The molecule has 4 aromatic rings. The second kappa shape index (κ2) is 5.49. The van der Waals surface area contributed by atoms with Crippen molar-refractivity contribution in [2.45, 2.75) is 11.8 Å². The van der Waals surface area contributed by atoms with E-state index in [0.29, 0.717) is 16.6 Å². The Hall–Kier alpha value is -3.06. The number of nitrogens with one attached hydrogen (secondary N) is 2. The molecule has 0 saturated carbocycles. The quantitative estimate of drug-likeness (QED) is 0.553. The first-order chi connectivity index (χ1) is 11.9. The fourth-order valence-corrected chi connectivity index (χ4v) is 3.99. The van der Waals surface area contributed by atoms with Gasteiger partial charge in [-0.2, -0.15) is 8.42 Å². The number of imidazole rings is 1. The maximum atomic E-state index is 12.7. The van der Waals surface area contributed by atoms with Crippen molar-refractivity contribution < 1.29 is 12.6 Å². The highest BCUT2D eigenvalue weighted by atomic mass is 32.2. The molecule has 0 spiro atoms. The molecule has 0 saturated heterocycles. The van der Waals surface area contributed by atoms with Gasteiger partial charge >= 0.3 is 15.8 Å². The van der Waals surface area contributed by atoms with Gasteiger partial charge in [0.25, 0.3) is 0 Å². The van der Waals surface area contributed by atoms with Gasteiger partial charge in [0, 0.05) is 0 Å². The largest absolute Gasteiger partial charge is 0.379 e. The highest BCUT2D eigenvalue weighted by molar-refractivity contribution is 7.87. The Morgan fingerprint density at radius 3 is 2.32 bits per heavy atom. The average Bonchev–Trinajstić information content (AvgIpc) is 2.92. The number of aromatic nitrogens is 2. The van der Waals surface area contributed by atoms with E-state index in [1.807, 2.05) is 24.3 Å². The molecule has 0 fully saturated rings. The molecular formula is C18H14N2O4S. The number of benzene rings is 3. The van der Waals surface area contributed by atoms with Crippen LogP contribution in [-0.4, -0.2) is 18.4 Å². The third kappa shape index (κ3) is 2.78. The Morgan fingerprint density at radius 1 is 0.880 bits per heavy atom. The second-order valence-electron chi connectivity index (χ2n) is 5.79. The lowest BCUT2D eigenvalue weighted by atomic mass is 10.1. The second-order valence-corrected chi connectivity index (χ2v) is 7.30. The summed E-state index contributed by atoms with van der Waals surface area (Å²) in [5.41, 5.74) is 1.06. The van der Waals surface area contributed by atoms with Crippen LogP contribution in [0.4, 0.5) is 0 Å². The van der Waals surface area contributed by atoms with Crippen molar-refractivity contribution in [2.75, 3.05) is 0 Å². The first kappa shape index (κ1) is 15.5. The SMILES string of the molecule is Cc1cc2[nH]c(=O)[nH]c2cc1S(=O)(=O)Oc1ccc2ccccc2c1. The van der Waals surface area contributed by atoms with Gasteiger partial charge in [-0.05, 0) is 47.5 Å². The molecule has 126 valence electrons. The molecule has 0 radical (unpaired) electrons. The molecule has 0 aliphatic heterocycles. The van der Waals surface area contributed by atoms with Crippen molar-refractivity contribution >= 4 is 31.9 Å². The molecule has 0 atom stereocenters. The van der Waals surface area contributed by atoms with Crippen LogP contribution in [0, 0.1) is 6.92 Å². The molecule has 1 aromatic heterocycles. The Labute approximate surface area is 143 Å². The molecule has 0 amide bonds. The normalized spacial score (nSPS) is 11.9. The van der Waals surface area contributed by atoms with E-state index in [1.165, 1.54) is 6.07 Å². The average molecular weight is 354 g/mol. The molecule has 2 N–H and O–H groups in total. The van der Waals surface area contributed by atoms with E-state index >= 15 is 0 Å². The van der Waals surface area contributed by atoms with E-state index in [-0.39, 0.29) is 16.3 Å². The van der Waals surface area contributed by atoms with Gasteiger partial charge < -0.3 is 14.2 Å². The van der Waals surface area contributed by atoms with Crippen molar-refractivity contribution in [3.05, 3.63) is 70.6 Å². The number of hydrogen-bond acceptors (Lipinski definition) is 4. The number of fused-ring (bicyclic) bond motifs is 2. The first-order valence-electron chi connectivity index (χ1n) is 7.58. The fourth-order valence-electron chi connectivity index (χ4n) is 2.83. The number of aromatic amines is 2. The van der Waals surface area contributed by atoms with Gasteiger partial charge in [0.15, 0.2) is 0 Å². The van der Waals surface area contributed by atoms with Crippen LogP contribution in [0.2, 0.25) is 0 Å². The van der Waals surface area contributed by atoms with Crippen LogP contribution in [-0.2, 0) is 10.1 Å². The summed E-state index contributed by atoms with van der Waals surface area (Å²) in [6.07, 6.45) is 0. The van der Waals surface area contributed by atoms with Gasteiger partial charge in [0.05, 0.1) is 11.0 Å². The minimum absolute atomic E-state index is 0.0170. The topological polar surface area (TPSA) is 92.0 Å². The van der Waals surface area contributed by atoms with E-state index in [0.717, 1.165) is 10.8 Å². The Balaban J connectivity index is 1.78. The third-order valence-corrected chi connectivity index (χ3v) is 5.40. The van der Waals surface area contributed by atoms with Gasteiger partial charge in [-0.25, -0.2) is 4.79 Å². The number of hydrogen-bond donors (Lipinski definition) is 2. The maximum absolute atomic E-state index is 12.7. The molecule has 1 heterocycles. The number of rotatable bonds is 3. The van der Waals surface area contributed by atoms with E-state index in [2.05, 4.69) is 9.97 Å². The molecule has 4 rings (SSSR count). The summed E-state index contributed by atoms with van der Waals surface area (Å²) in [4.78, 5) is 16.6. The highest BCUT2D eigenvalue weighted by Crippen LogP contribution is 2.26. The van der Waals surface area contributed by atoms with Crippen molar-refractivity contribution in [1.29, 1.82) is 0 Å². The van der Waals surface area contributed by atoms with Crippen molar-refractivity contribution in [2.24, 2.45) is 0 Å². The van der Waals surface area contributed by atoms with Gasteiger partial charge in [0.1, 0.15) is 10.6 Å². The predicted octanol–water partition coefficient (Wildman–Crippen LogP) is 3.09. The standard InChI is InChI=1S/C18H14N2O4S/c1-11-8-15-16(20-18(21)19-15)10-17(11)25(22,23)24-14-7-6-12-4-2-3-5-13(12)9-14/h2-10H,1H3,(H2,19,20,21). The van der Waals surface area contributed by atoms with Crippen LogP contribution in [0.25, 0.3) is 21.8 Å². The maximum Gasteiger partial charge on any atom is 0.339 e. The molecule has 25 heavy (non-hydrogen) atoms. The van der Waals surface area contributed by atoms with Crippen LogP contribution in [0.3, 0.4) is 0 Å². The molecule has 0 bridgehead atoms. The molecule has 3 aromatic carbocycles. The Morgan fingerprint density at radius 2 is 1.56 bits per heavy atom. The number of H-pyrrole nitrogens is 2. The summed E-state index contributed by atoms with van der Waals surface area (Å²) >= 11 is 0. The zero-order valence-electron chi connectivity index (χ0n) is 13.2. The van der Waals surface area contributed by atoms with Gasteiger partial charge in [-0.3, -0.25) is 0 Å². The molecule has 0 aliphatic carbocycles. The Kier molecular flexibility index (Phi) is 3.40.